The summed E-state index contributed by atoms with van der Waals surface area (Å²) in [5.74, 6) is 1.48. The van der Waals surface area contributed by atoms with E-state index >= 15 is 0 Å². The highest BCUT2D eigenvalue weighted by molar-refractivity contribution is 5.90. The zero-order valence-corrected chi connectivity index (χ0v) is 18.4. The number of amides is 2. The third-order valence-electron chi connectivity index (χ3n) is 6.13. The summed E-state index contributed by atoms with van der Waals surface area (Å²) in [7, 11) is 1.78. The summed E-state index contributed by atoms with van der Waals surface area (Å²) < 4.78 is 8.13. The predicted molar refractivity (Wildman–Crippen MR) is 112 cm³/mol. The Bertz CT molecular complexity index is 707. The average Bonchev–Trinajstić information content (AvgIpc) is 3.42. The van der Waals surface area contributed by atoms with E-state index in [9.17, 15) is 9.59 Å². The first kappa shape index (κ1) is 21.8. The van der Waals surface area contributed by atoms with Crippen molar-refractivity contribution in [2.75, 3.05) is 7.05 Å². The van der Waals surface area contributed by atoms with Crippen LogP contribution >= 0.6 is 0 Å². The number of likely N-dealkylation sites (N-methyl/N-ethyl adjacent to an activating group) is 1. The molecule has 2 aliphatic rings. The molecule has 1 aromatic rings. The number of imide groups is 1. The molecule has 1 unspecified atom stereocenters. The van der Waals surface area contributed by atoms with E-state index in [1.165, 1.54) is 17.7 Å². The number of nitrogens with zero attached hydrogens (tertiary/aromatic N) is 3. The van der Waals surface area contributed by atoms with Crippen molar-refractivity contribution in [3.63, 3.8) is 0 Å². The summed E-state index contributed by atoms with van der Waals surface area (Å²) in [6.45, 7) is 8.17. The lowest BCUT2D eigenvalue weighted by molar-refractivity contribution is -0.143. The Labute approximate surface area is 174 Å². The van der Waals surface area contributed by atoms with E-state index in [2.05, 4.69) is 30.5 Å². The van der Waals surface area contributed by atoms with Crippen LogP contribution in [0.25, 0.3) is 0 Å². The van der Waals surface area contributed by atoms with Gasteiger partial charge in [-0.05, 0) is 71.3 Å². The maximum Gasteiger partial charge on any atom is 0.246 e. The van der Waals surface area contributed by atoms with E-state index in [4.69, 9.17) is 4.74 Å². The van der Waals surface area contributed by atoms with Gasteiger partial charge in [-0.2, -0.15) is 0 Å². The minimum Gasteiger partial charge on any atom is -0.473 e. The molecule has 2 amide bonds. The van der Waals surface area contributed by atoms with Crippen LogP contribution in [0.5, 0.6) is 5.88 Å². The van der Waals surface area contributed by atoms with Crippen molar-refractivity contribution in [3.05, 3.63) is 11.8 Å². The smallest absolute Gasteiger partial charge is 0.246 e. The number of ether oxygens (including phenoxy) is 1. The van der Waals surface area contributed by atoms with E-state index < -0.39 is 0 Å². The van der Waals surface area contributed by atoms with E-state index in [-0.39, 0.29) is 24.1 Å². The highest BCUT2D eigenvalue weighted by atomic mass is 16.5. The second-order valence-corrected chi connectivity index (χ2v) is 9.31. The van der Waals surface area contributed by atoms with Gasteiger partial charge in [0.25, 0.3) is 0 Å². The summed E-state index contributed by atoms with van der Waals surface area (Å²) in [4.78, 5) is 25.8. The Morgan fingerprint density at radius 1 is 1.38 bits per heavy atom. The highest BCUT2D eigenvalue weighted by Gasteiger charge is 2.36. The summed E-state index contributed by atoms with van der Waals surface area (Å²) in [6.07, 6.45) is 8.80. The van der Waals surface area contributed by atoms with Crippen molar-refractivity contribution in [1.82, 2.24) is 20.0 Å². The molecule has 7 heteroatoms. The molecular weight excluding hydrogens is 368 g/mol. The second kappa shape index (κ2) is 9.28. The monoisotopic (exact) mass is 404 g/mol. The molecule has 1 N–H and O–H groups in total. The Morgan fingerprint density at radius 3 is 2.62 bits per heavy atom. The Balaban J connectivity index is 1.46. The molecule has 162 valence electrons. The fourth-order valence-electron chi connectivity index (χ4n) is 4.19. The quantitative estimate of drug-likeness (QED) is 0.574. The van der Waals surface area contributed by atoms with Crippen LogP contribution < -0.4 is 10.1 Å². The van der Waals surface area contributed by atoms with Crippen LogP contribution in [0.4, 0.5) is 0 Å². The fraction of sp³-hybridized carbons (Fsp3) is 0.773. The summed E-state index contributed by atoms with van der Waals surface area (Å²) in [5, 5.41) is 7.64. The minimum atomic E-state index is -0.315. The Hall–Kier alpha value is -1.89. The largest absolute Gasteiger partial charge is 0.473 e. The van der Waals surface area contributed by atoms with Gasteiger partial charge in [0, 0.05) is 17.8 Å². The summed E-state index contributed by atoms with van der Waals surface area (Å²) in [6, 6.07) is 0.138. The van der Waals surface area contributed by atoms with E-state index in [0.29, 0.717) is 24.3 Å². The van der Waals surface area contributed by atoms with E-state index in [1.54, 1.807) is 7.05 Å². The van der Waals surface area contributed by atoms with Gasteiger partial charge in [-0.3, -0.25) is 19.2 Å². The molecule has 2 saturated carbocycles. The van der Waals surface area contributed by atoms with Gasteiger partial charge in [-0.1, -0.05) is 13.8 Å². The number of carbonyl (C=O) groups is 2. The molecule has 2 aliphatic carbocycles. The second-order valence-electron chi connectivity index (χ2n) is 9.31. The van der Waals surface area contributed by atoms with Crippen molar-refractivity contribution >= 4 is 12.3 Å². The summed E-state index contributed by atoms with van der Waals surface area (Å²) in [5.41, 5.74) is 1.09. The van der Waals surface area contributed by atoms with Crippen molar-refractivity contribution in [2.24, 2.45) is 11.8 Å². The molecule has 0 aliphatic heterocycles. The predicted octanol–water partition coefficient (Wildman–Crippen LogP) is 3.08. The number of aromatic nitrogens is 2. The topological polar surface area (TPSA) is 76.5 Å². The molecule has 0 aromatic carbocycles. The fourth-order valence-corrected chi connectivity index (χ4v) is 4.19. The first-order chi connectivity index (χ1) is 13.8. The molecule has 1 aromatic heterocycles. The Kier molecular flexibility index (Phi) is 6.98. The van der Waals surface area contributed by atoms with Crippen molar-refractivity contribution < 1.29 is 14.3 Å². The van der Waals surface area contributed by atoms with Gasteiger partial charge in [-0.15, -0.1) is 5.10 Å². The zero-order chi connectivity index (χ0) is 21.1. The number of carbonyl (C=O) groups excluding carboxylic acids is 2. The van der Waals surface area contributed by atoms with Gasteiger partial charge >= 0.3 is 0 Å². The van der Waals surface area contributed by atoms with Crippen molar-refractivity contribution in [1.29, 1.82) is 0 Å². The molecule has 2 fully saturated rings. The van der Waals surface area contributed by atoms with Crippen LogP contribution in [0.15, 0.2) is 6.20 Å². The number of rotatable bonds is 11. The first-order valence-corrected chi connectivity index (χ1v) is 11.0. The van der Waals surface area contributed by atoms with Crippen LogP contribution in [0.1, 0.15) is 70.9 Å². The molecule has 0 bridgehead atoms. The average molecular weight is 405 g/mol. The number of hydrogen-bond donors (Lipinski definition) is 1. The van der Waals surface area contributed by atoms with Crippen LogP contribution in [0.3, 0.4) is 0 Å². The molecule has 7 nitrogen and oxygen atoms in total. The molecule has 0 spiro atoms. The molecule has 3 rings (SSSR count). The third kappa shape index (κ3) is 5.38. The van der Waals surface area contributed by atoms with Gasteiger partial charge in [0.05, 0.1) is 12.1 Å². The van der Waals surface area contributed by atoms with Crippen LogP contribution in [0, 0.1) is 18.8 Å². The van der Waals surface area contributed by atoms with Gasteiger partial charge in [-0.25, -0.2) is 0 Å². The molecule has 29 heavy (non-hydrogen) atoms. The molecular formula is C22H36N4O3. The zero-order valence-electron chi connectivity index (χ0n) is 18.4. The Morgan fingerprint density at radius 2 is 2.07 bits per heavy atom. The summed E-state index contributed by atoms with van der Waals surface area (Å²) >= 11 is 0. The van der Waals surface area contributed by atoms with Gasteiger partial charge in [0.1, 0.15) is 6.10 Å². The minimum absolute atomic E-state index is 0.107. The SMILES string of the molecule is CNC(CC(C)C)C(=O)N(C=O)[C@@H](C)CC1CC(Oc2nn(C3CC3)cc2C)C1. The van der Waals surface area contributed by atoms with Gasteiger partial charge in [0.2, 0.25) is 18.2 Å². The third-order valence-corrected chi connectivity index (χ3v) is 6.13. The first-order valence-electron chi connectivity index (χ1n) is 11.0. The van der Waals surface area contributed by atoms with E-state index in [1.807, 2.05) is 18.5 Å². The molecule has 0 radical (unpaired) electrons. The molecule has 1 heterocycles. The molecule has 0 saturated heterocycles. The maximum atomic E-state index is 12.8. The number of aryl methyl sites for hydroxylation is 1. The normalized spacial score (nSPS) is 23.4. The lowest BCUT2D eigenvalue weighted by atomic mass is 9.78. The molecule has 2 atom stereocenters. The van der Waals surface area contributed by atoms with Crippen molar-refractivity contribution in [3.8, 4) is 5.88 Å². The van der Waals surface area contributed by atoms with Crippen LogP contribution in [-0.4, -0.2) is 52.2 Å². The lowest BCUT2D eigenvalue weighted by Crippen LogP contribution is -2.50. The maximum absolute atomic E-state index is 12.8. The van der Waals surface area contributed by atoms with Gasteiger partial charge < -0.3 is 10.1 Å². The van der Waals surface area contributed by atoms with Crippen LogP contribution in [0.2, 0.25) is 0 Å². The van der Waals surface area contributed by atoms with Crippen molar-refractivity contribution in [2.45, 2.75) is 90.4 Å². The van der Waals surface area contributed by atoms with Gasteiger partial charge in [0.15, 0.2) is 0 Å². The highest BCUT2D eigenvalue weighted by Crippen LogP contribution is 2.38. The standard InChI is InChI=1S/C22H36N4O3/c1-14(2)8-20(23-5)22(28)25(13-27)16(4)9-17-10-19(11-17)29-21-15(3)12-26(24-21)18-6-7-18/h12-14,16-20,23H,6-11H2,1-5H3/t16-,17?,19?,20?/m0/s1. The number of hydrogen-bond acceptors (Lipinski definition) is 5. The van der Waals surface area contributed by atoms with Crippen LogP contribution in [-0.2, 0) is 9.59 Å². The lowest BCUT2D eigenvalue weighted by Gasteiger charge is -2.38. The van der Waals surface area contributed by atoms with E-state index in [0.717, 1.165) is 37.1 Å². The number of nitrogens with one attached hydrogen (secondary N) is 1.